The zero-order valence-electron chi connectivity index (χ0n) is 11.3. The first kappa shape index (κ1) is 12.4. The summed E-state index contributed by atoms with van der Waals surface area (Å²) >= 11 is 0. The minimum Gasteiger partial charge on any atom is -0.319 e. The highest BCUT2D eigenvalue weighted by Gasteiger charge is 2.40. The molecule has 2 atom stereocenters. The van der Waals surface area contributed by atoms with E-state index in [0.29, 0.717) is 5.41 Å². The molecular weight excluding hydrogens is 196 g/mol. The summed E-state index contributed by atoms with van der Waals surface area (Å²) in [6.07, 6.45) is 7.06. The fourth-order valence-electron chi connectivity index (χ4n) is 3.81. The van der Waals surface area contributed by atoms with E-state index in [9.17, 15) is 0 Å². The standard InChI is InChI=1S/C14H28N2/c1-4-14(5-2,10-15-3)11-16-9-12-6-7-13(16)8-12/h12-13,15H,4-11H2,1-3H3. The Morgan fingerprint density at radius 1 is 1.25 bits per heavy atom. The van der Waals surface area contributed by atoms with Crippen molar-refractivity contribution in [2.24, 2.45) is 11.3 Å². The zero-order valence-corrected chi connectivity index (χ0v) is 11.3. The SMILES string of the molecule is CCC(CC)(CNC)CN1CC2CCC1C2. The van der Waals surface area contributed by atoms with Crippen LogP contribution in [0, 0.1) is 11.3 Å². The Labute approximate surface area is 101 Å². The monoisotopic (exact) mass is 224 g/mol. The molecular formula is C14H28N2. The molecule has 1 heterocycles. The van der Waals surface area contributed by atoms with Crippen LogP contribution in [-0.4, -0.2) is 37.6 Å². The van der Waals surface area contributed by atoms with Gasteiger partial charge in [-0.1, -0.05) is 13.8 Å². The average molecular weight is 224 g/mol. The molecule has 0 aromatic carbocycles. The van der Waals surface area contributed by atoms with Crippen molar-refractivity contribution in [3.63, 3.8) is 0 Å². The first-order chi connectivity index (χ1) is 7.73. The molecule has 94 valence electrons. The molecule has 0 radical (unpaired) electrons. The minimum atomic E-state index is 0.513. The predicted octanol–water partition coefficient (Wildman–Crippen LogP) is 2.50. The largest absolute Gasteiger partial charge is 0.319 e. The van der Waals surface area contributed by atoms with Gasteiger partial charge in [0.2, 0.25) is 0 Å². The van der Waals surface area contributed by atoms with Gasteiger partial charge in [0.25, 0.3) is 0 Å². The summed E-state index contributed by atoms with van der Waals surface area (Å²) in [5.74, 6) is 1.03. The third kappa shape index (κ3) is 2.28. The maximum Gasteiger partial charge on any atom is 0.00988 e. The maximum atomic E-state index is 3.40. The maximum absolute atomic E-state index is 3.40. The van der Waals surface area contributed by atoms with Gasteiger partial charge in [-0.3, -0.25) is 4.90 Å². The third-order valence-electron chi connectivity index (χ3n) is 5.11. The molecule has 0 spiro atoms. The van der Waals surface area contributed by atoms with Crippen molar-refractivity contribution < 1.29 is 0 Å². The van der Waals surface area contributed by atoms with E-state index in [1.807, 2.05) is 0 Å². The molecule has 2 heteroatoms. The molecule has 16 heavy (non-hydrogen) atoms. The molecule has 2 unspecified atom stereocenters. The fraction of sp³-hybridized carbons (Fsp3) is 1.00. The molecule has 1 saturated heterocycles. The van der Waals surface area contributed by atoms with Crippen molar-refractivity contribution >= 4 is 0 Å². The van der Waals surface area contributed by atoms with Crippen LogP contribution in [0.4, 0.5) is 0 Å². The molecule has 0 aromatic rings. The highest BCUT2D eigenvalue weighted by Crippen LogP contribution is 2.40. The Kier molecular flexibility index (Phi) is 3.91. The molecule has 2 aliphatic rings. The van der Waals surface area contributed by atoms with E-state index in [-0.39, 0.29) is 0 Å². The Morgan fingerprint density at radius 2 is 2.00 bits per heavy atom. The Hall–Kier alpha value is -0.0800. The van der Waals surface area contributed by atoms with E-state index >= 15 is 0 Å². The van der Waals surface area contributed by atoms with Gasteiger partial charge < -0.3 is 5.32 Å². The van der Waals surface area contributed by atoms with E-state index in [2.05, 4.69) is 31.1 Å². The highest BCUT2D eigenvalue weighted by atomic mass is 15.2. The summed E-state index contributed by atoms with van der Waals surface area (Å²) in [7, 11) is 2.09. The number of hydrogen-bond acceptors (Lipinski definition) is 2. The van der Waals surface area contributed by atoms with Gasteiger partial charge in [0.15, 0.2) is 0 Å². The number of rotatable bonds is 6. The summed E-state index contributed by atoms with van der Waals surface area (Å²) < 4.78 is 0. The van der Waals surface area contributed by atoms with Crippen molar-refractivity contribution in [3.8, 4) is 0 Å². The number of likely N-dealkylation sites (tertiary alicyclic amines) is 1. The van der Waals surface area contributed by atoms with E-state index in [0.717, 1.165) is 12.0 Å². The Morgan fingerprint density at radius 3 is 2.44 bits per heavy atom. The summed E-state index contributed by atoms with van der Waals surface area (Å²) in [6, 6.07) is 0.930. The molecule has 1 saturated carbocycles. The normalized spacial score (nSPS) is 30.2. The second kappa shape index (κ2) is 5.05. The number of nitrogens with one attached hydrogen (secondary N) is 1. The Bertz CT molecular complexity index is 223. The zero-order chi connectivity index (χ0) is 11.6. The van der Waals surface area contributed by atoms with Gasteiger partial charge in [0.1, 0.15) is 0 Å². The lowest BCUT2D eigenvalue weighted by Gasteiger charge is -2.39. The minimum absolute atomic E-state index is 0.513. The second-order valence-electron chi connectivity index (χ2n) is 6.00. The van der Waals surface area contributed by atoms with E-state index in [1.165, 1.54) is 51.7 Å². The first-order valence-electron chi connectivity index (χ1n) is 7.11. The average Bonchev–Trinajstić information content (AvgIpc) is 2.90. The molecule has 0 aromatic heterocycles. The van der Waals surface area contributed by atoms with Crippen LogP contribution in [0.2, 0.25) is 0 Å². The van der Waals surface area contributed by atoms with Crippen molar-refractivity contribution in [1.82, 2.24) is 10.2 Å². The molecule has 1 aliphatic carbocycles. The third-order valence-corrected chi connectivity index (χ3v) is 5.11. The highest BCUT2D eigenvalue weighted by molar-refractivity contribution is 4.95. The van der Waals surface area contributed by atoms with Gasteiger partial charge >= 0.3 is 0 Å². The van der Waals surface area contributed by atoms with Crippen molar-refractivity contribution in [2.75, 3.05) is 26.7 Å². The molecule has 1 aliphatic heterocycles. The predicted molar refractivity (Wildman–Crippen MR) is 69.6 cm³/mol. The van der Waals surface area contributed by atoms with Crippen molar-refractivity contribution in [2.45, 2.75) is 52.0 Å². The van der Waals surface area contributed by atoms with Gasteiger partial charge in [-0.15, -0.1) is 0 Å². The topological polar surface area (TPSA) is 15.3 Å². The van der Waals surface area contributed by atoms with Crippen LogP contribution in [0.25, 0.3) is 0 Å². The fourth-order valence-corrected chi connectivity index (χ4v) is 3.81. The lowest BCUT2D eigenvalue weighted by molar-refractivity contribution is 0.110. The van der Waals surface area contributed by atoms with Crippen LogP contribution in [0.15, 0.2) is 0 Å². The first-order valence-corrected chi connectivity index (χ1v) is 7.11. The second-order valence-corrected chi connectivity index (χ2v) is 6.00. The van der Waals surface area contributed by atoms with Gasteiger partial charge in [-0.05, 0) is 50.5 Å². The Balaban J connectivity index is 1.95. The number of hydrogen-bond donors (Lipinski definition) is 1. The van der Waals surface area contributed by atoms with E-state index in [4.69, 9.17) is 0 Å². The summed E-state index contributed by atoms with van der Waals surface area (Å²) in [4.78, 5) is 2.79. The number of piperidine rings is 1. The molecule has 2 rings (SSSR count). The van der Waals surface area contributed by atoms with Crippen molar-refractivity contribution in [1.29, 1.82) is 0 Å². The lowest BCUT2D eigenvalue weighted by atomic mass is 9.81. The van der Waals surface area contributed by atoms with Gasteiger partial charge in [0, 0.05) is 25.7 Å². The van der Waals surface area contributed by atoms with Crippen LogP contribution in [0.3, 0.4) is 0 Å². The summed E-state index contributed by atoms with van der Waals surface area (Å²) in [6.45, 7) is 8.59. The van der Waals surface area contributed by atoms with Crippen LogP contribution in [-0.2, 0) is 0 Å². The van der Waals surface area contributed by atoms with Gasteiger partial charge in [-0.25, -0.2) is 0 Å². The van der Waals surface area contributed by atoms with Crippen LogP contribution in [0.5, 0.6) is 0 Å². The molecule has 2 fully saturated rings. The van der Waals surface area contributed by atoms with Gasteiger partial charge in [0.05, 0.1) is 0 Å². The van der Waals surface area contributed by atoms with E-state index in [1.54, 1.807) is 0 Å². The van der Waals surface area contributed by atoms with Crippen LogP contribution in [0.1, 0.15) is 46.0 Å². The lowest BCUT2D eigenvalue weighted by Crippen LogP contribution is -2.45. The molecule has 0 amide bonds. The molecule has 1 N–H and O–H groups in total. The number of nitrogens with zero attached hydrogens (tertiary/aromatic N) is 1. The smallest absolute Gasteiger partial charge is 0.00988 e. The van der Waals surface area contributed by atoms with Crippen LogP contribution < -0.4 is 5.32 Å². The molecule has 2 nitrogen and oxygen atoms in total. The molecule has 2 bridgehead atoms. The van der Waals surface area contributed by atoms with Crippen molar-refractivity contribution in [3.05, 3.63) is 0 Å². The van der Waals surface area contributed by atoms with Crippen LogP contribution >= 0.6 is 0 Å². The van der Waals surface area contributed by atoms with Gasteiger partial charge in [-0.2, -0.15) is 0 Å². The summed E-state index contributed by atoms with van der Waals surface area (Å²) in [5.41, 5.74) is 0.513. The quantitative estimate of drug-likeness (QED) is 0.746. The van der Waals surface area contributed by atoms with E-state index < -0.39 is 0 Å². The summed E-state index contributed by atoms with van der Waals surface area (Å²) in [5, 5.41) is 3.40. The number of fused-ring (bicyclic) bond motifs is 2.